The third kappa shape index (κ3) is 2.91. The summed E-state index contributed by atoms with van der Waals surface area (Å²) in [4.78, 5) is 11.5. The van der Waals surface area contributed by atoms with Gasteiger partial charge in [0, 0.05) is 17.1 Å². The van der Waals surface area contributed by atoms with Gasteiger partial charge in [0.15, 0.2) is 0 Å². The zero-order chi connectivity index (χ0) is 13.2. The van der Waals surface area contributed by atoms with Crippen molar-refractivity contribution in [1.82, 2.24) is 5.01 Å². The molecule has 1 aromatic carbocycles. The summed E-state index contributed by atoms with van der Waals surface area (Å²) in [5.41, 5.74) is 0.339. The molecule has 0 aromatic heterocycles. The van der Waals surface area contributed by atoms with Gasteiger partial charge in [0.2, 0.25) is 0 Å². The number of benzene rings is 1. The van der Waals surface area contributed by atoms with Gasteiger partial charge >= 0.3 is 6.03 Å². The molecule has 0 unspecified atom stereocenters. The highest BCUT2D eigenvalue weighted by molar-refractivity contribution is 9.10. The molecule has 0 radical (unpaired) electrons. The van der Waals surface area contributed by atoms with Crippen LogP contribution in [0, 0.1) is 5.82 Å². The first-order valence-corrected chi connectivity index (χ1v) is 5.33. The number of hydrazine groups is 2. The summed E-state index contributed by atoms with van der Waals surface area (Å²) in [5, 5.41) is 10.6. The summed E-state index contributed by atoms with van der Waals surface area (Å²) in [5.74, 6) is 10.2. The van der Waals surface area contributed by atoms with E-state index in [4.69, 9.17) is 16.8 Å². The fourth-order valence-electron chi connectivity index (χ4n) is 1.23. The number of carbonyl (C=O) groups is 1. The van der Waals surface area contributed by atoms with E-state index in [1.54, 1.807) is 0 Å². The van der Waals surface area contributed by atoms with Gasteiger partial charge in [-0.25, -0.2) is 25.9 Å². The van der Waals surface area contributed by atoms with Crippen LogP contribution < -0.4 is 16.7 Å². The van der Waals surface area contributed by atoms with E-state index in [2.05, 4.69) is 15.9 Å². The lowest BCUT2D eigenvalue weighted by Crippen LogP contribution is -2.49. The summed E-state index contributed by atoms with van der Waals surface area (Å²) >= 11 is 3.07. The maximum absolute atomic E-state index is 13.2. The van der Waals surface area contributed by atoms with Crippen LogP contribution in [-0.2, 0) is 6.61 Å². The predicted molar refractivity (Wildman–Crippen MR) is 64.0 cm³/mol. The fraction of sp³-hybridized carbons (Fsp3) is 0.222. The largest absolute Gasteiger partial charge is 0.392 e. The third-order valence-electron chi connectivity index (χ3n) is 2.06. The number of hydrogen-bond donors (Lipinski definition) is 3. The average Bonchev–Trinajstić information content (AvgIpc) is 2.25. The number of halogens is 2. The molecule has 0 saturated carbocycles. The normalized spacial score (nSPS) is 10.2. The molecule has 1 aromatic rings. The van der Waals surface area contributed by atoms with Gasteiger partial charge in [0.1, 0.15) is 5.82 Å². The van der Waals surface area contributed by atoms with E-state index >= 15 is 0 Å². The Hall–Kier alpha value is -1.22. The topological polar surface area (TPSA) is 95.8 Å². The number of amides is 2. The van der Waals surface area contributed by atoms with Gasteiger partial charge in [-0.15, -0.1) is 0 Å². The van der Waals surface area contributed by atoms with Crippen molar-refractivity contribution in [1.29, 1.82) is 0 Å². The van der Waals surface area contributed by atoms with E-state index < -0.39 is 18.5 Å². The Morgan fingerprint density at radius 3 is 2.59 bits per heavy atom. The molecular formula is C9H12BrFN4O2. The van der Waals surface area contributed by atoms with Gasteiger partial charge < -0.3 is 5.11 Å². The van der Waals surface area contributed by atoms with Crippen molar-refractivity contribution in [3.63, 3.8) is 0 Å². The zero-order valence-electron chi connectivity index (χ0n) is 9.02. The number of nitrogens with zero attached hydrogens (tertiary/aromatic N) is 2. The Morgan fingerprint density at radius 1 is 1.53 bits per heavy atom. The minimum Gasteiger partial charge on any atom is -0.392 e. The molecule has 5 N–H and O–H groups in total. The first-order chi connectivity index (χ1) is 7.88. The van der Waals surface area contributed by atoms with E-state index in [9.17, 15) is 9.18 Å². The Bertz CT molecular complexity index is 441. The molecule has 94 valence electrons. The van der Waals surface area contributed by atoms with Crippen LogP contribution in [0.5, 0.6) is 0 Å². The van der Waals surface area contributed by atoms with E-state index in [0.29, 0.717) is 15.0 Å². The molecule has 17 heavy (non-hydrogen) atoms. The second kappa shape index (κ2) is 5.41. The molecule has 1 rings (SSSR count). The van der Waals surface area contributed by atoms with E-state index in [0.717, 1.165) is 11.1 Å². The molecule has 0 spiro atoms. The van der Waals surface area contributed by atoms with Crippen LogP contribution >= 0.6 is 15.9 Å². The van der Waals surface area contributed by atoms with Crippen LogP contribution in [0.3, 0.4) is 0 Å². The van der Waals surface area contributed by atoms with Crippen molar-refractivity contribution >= 4 is 27.6 Å². The lowest BCUT2D eigenvalue weighted by Gasteiger charge is -2.23. The molecule has 0 heterocycles. The molecule has 0 aliphatic heterocycles. The van der Waals surface area contributed by atoms with Crippen LogP contribution in [0.2, 0.25) is 0 Å². The zero-order valence-corrected chi connectivity index (χ0v) is 10.6. The number of urea groups is 1. The summed E-state index contributed by atoms with van der Waals surface area (Å²) in [6.07, 6.45) is 0. The minimum atomic E-state index is -0.739. The monoisotopic (exact) mass is 306 g/mol. The lowest BCUT2D eigenvalue weighted by molar-refractivity contribution is 0.216. The van der Waals surface area contributed by atoms with Crippen LogP contribution in [0.25, 0.3) is 0 Å². The maximum atomic E-state index is 13.2. The molecule has 0 bridgehead atoms. The summed E-state index contributed by atoms with van der Waals surface area (Å²) in [6.45, 7) is -0.397. The minimum absolute atomic E-state index is 0.0432. The van der Waals surface area contributed by atoms with Gasteiger partial charge in [-0.05, 0) is 12.1 Å². The van der Waals surface area contributed by atoms with Crippen molar-refractivity contribution in [3.05, 3.63) is 28.0 Å². The molecule has 0 atom stereocenters. The molecular weight excluding hydrogens is 295 g/mol. The molecule has 0 aliphatic rings. The Kier molecular flexibility index (Phi) is 4.40. The second-order valence-corrected chi connectivity index (χ2v) is 4.16. The van der Waals surface area contributed by atoms with Gasteiger partial charge in [-0.3, -0.25) is 5.01 Å². The lowest BCUT2D eigenvalue weighted by atomic mass is 10.2. The highest BCUT2D eigenvalue weighted by Crippen LogP contribution is 2.28. The van der Waals surface area contributed by atoms with E-state index in [-0.39, 0.29) is 5.69 Å². The number of aliphatic hydroxyl groups excluding tert-OH is 1. The average molecular weight is 307 g/mol. The smallest absolute Gasteiger partial charge is 0.352 e. The van der Waals surface area contributed by atoms with Crippen molar-refractivity contribution in [2.45, 2.75) is 6.61 Å². The Morgan fingerprint density at radius 2 is 2.12 bits per heavy atom. The fourth-order valence-corrected chi connectivity index (χ4v) is 1.78. The first kappa shape index (κ1) is 13.8. The standard InChI is InChI=1S/C9H12BrFN4O2/c1-14(12)9(17)15(13)8-3-5(11)2-7(10)6(8)4-16/h2-3,16H,4,12-13H2,1H3. The number of anilines is 1. The van der Waals surface area contributed by atoms with Gasteiger partial charge in [-0.1, -0.05) is 15.9 Å². The van der Waals surface area contributed by atoms with Crippen LogP contribution in [0.4, 0.5) is 14.9 Å². The van der Waals surface area contributed by atoms with E-state index in [1.165, 1.54) is 13.1 Å². The van der Waals surface area contributed by atoms with Crippen molar-refractivity contribution in [3.8, 4) is 0 Å². The van der Waals surface area contributed by atoms with Crippen molar-refractivity contribution in [2.75, 3.05) is 12.1 Å². The summed E-state index contributed by atoms with van der Waals surface area (Å²) < 4.78 is 13.5. The highest BCUT2D eigenvalue weighted by Gasteiger charge is 2.19. The number of carbonyl (C=O) groups excluding carboxylic acids is 1. The van der Waals surface area contributed by atoms with Crippen LogP contribution in [0.15, 0.2) is 16.6 Å². The summed E-state index contributed by atoms with van der Waals surface area (Å²) in [7, 11) is 1.30. The van der Waals surface area contributed by atoms with Crippen molar-refractivity contribution in [2.24, 2.45) is 11.7 Å². The van der Waals surface area contributed by atoms with Gasteiger partial charge in [0.05, 0.1) is 12.3 Å². The first-order valence-electron chi connectivity index (χ1n) is 4.54. The molecule has 2 amide bonds. The summed E-state index contributed by atoms with van der Waals surface area (Å²) in [6, 6.07) is 1.47. The number of hydrogen-bond acceptors (Lipinski definition) is 4. The van der Waals surface area contributed by atoms with Gasteiger partial charge in [-0.2, -0.15) is 0 Å². The quantitative estimate of drug-likeness (QED) is 0.425. The predicted octanol–water partition coefficient (Wildman–Crippen LogP) is 0.686. The molecule has 6 nitrogen and oxygen atoms in total. The molecule has 0 fully saturated rings. The number of aliphatic hydroxyl groups is 1. The SMILES string of the molecule is CN(N)C(=O)N(N)c1cc(F)cc(Br)c1CO. The third-order valence-corrected chi connectivity index (χ3v) is 2.77. The van der Waals surface area contributed by atoms with Crippen LogP contribution in [0.1, 0.15) is 5.56 Å². The Labute approximate surface area is 106 Å². The van der Waals surface area contributed by atoms with Crippen LogP contribution in [-0.4, -0.2) is 23.2 Å². The second-order valence-electron chi connectivity index (χ2n) is 3.31. The van der Waals surface area contributed by atoms with Gasteiger partial charge in [0.25, 0.3) is 0 Å². The molecule has 0 saturated heterocycles. The number of rotatable bonds is 2. The van der Waals surface area contributed by atoms with Crippen molar-refractivity contribution < 1.29 is 14.3 Å². The number of nitrogens with two attached hydrogens (primary N) is 2. The molecule has 8 heteroatoms. The molecule has 0 aliphatic carbocycles. The Balaban J connectivity index is 3.25. The highest BCUT2D eigenvalue weighted by atomic mass is 79.9. The maximum Gasteiger partial charge on any atom is 0.352 e. The van der Waals surface area contributed by atoms with E-state index in [1.807, 2.05) is 0 Å².